The predicted molar refractivity (Wildman–Crippen MR) is 88.1 cm³/mol. The lowest BCUT2D eigenvalue weighted by Gasteiger charge is -2.20. The Balaban J connectivity index is 2.19. The molecule has 0 N–H and O–H groups in total. The Hall–Kier alpha value is -1.81. The third-order valence-electron chi connectivity index (χ3n) is 3.36. The van der Waals surface area contributed by atoms with Crippen molar-refractivity contribution in [1.29, 1.82) is 0 Å². The number of rotatable bonds is 7. The van der Waals surface area contributed by atoms with Crippen LogP contribution in [0.5, 0.6) is 0 Å². The number of nitro groups is 1. The first-order chi connectivity index (χ1) is 10.2. The molecule has 2 aromatic carbocycles. The van der Waals surface area contributed by atoms with Crippen molar-refractivity contribution in [3.63, 3.8) is 0 Å². The van der Waals surface area contributed by atoms with Gasteiger partial charge in [-0.1, -0.05) is 67.6 Å². The maximum absolute atomic E-state index is 11.0. The Morgan fingerprint density at radius 2 is 1.43 bits per heavy atom. The van der Waals surface area contributed by atoms with E-state index in [4.69, 9.17) is 0 Å². The molecule has 2 atom stereocenters. The second kappa shape index (κ2) is 7.84. The zero-order valence-corrected chi connectivity index (χ0v) is 12.8. The molecule has 0 heterocycles. The highest BCUT2D eigenvalue weighted by Gasteiger charge is 2.23. The molecule has 0 saturated heterocycles. The van der Waals surface area contributed by atoms with Gasteiger partial charge in [0.25, 0.3) is 0 Å². The van der Waals surface area contributed by atoms with E-state index >= 15 is 0 Å². The first kappa shape index (κ1) is 15.6. The van der Waals surface area contributed by atoms with Gasteiger partial charge in [-0.15, -0.1) is 11.8 Å². The quantitative estimate of drug-likeness (QED) is 0.540. The van der Waals surface area contributed by atoms with Crippen LogP contribution in [0.2, 0.25) is 0 Å². The van der Waals surface area contributed by atoms with Crippen LogP contribution in [-0.4, -0.2) is 11.5 Å². The van der Waals surface area contributed by atoms with Crippen molar-refractivity contribution in [2.24, 2.45) is 0 Å². The molecule has 0 unspecified atom stereocenters. The Morgan fingerprint density at radius 3 is 1.86 bits per heavy atom. The van der Waals surface area contributed by atoms with Crippen LogP contribution >= 0.6 is 11.8 Å². The normalized spacial score (nSPS) is 13.6. The maximum Gasteiger partial charge on any atom is 0.219 e. The van der Waals surface area contributed by atoms with Crippen molar-refractivity contribution in [2.75, 3.05) is 6.54 Å². The maximum atomic E-state index is 11.0. The van der Waals surface area contributed by atoms with Crippen molar-refractivity contribution in [1.82, 2.24) is 0 Å². The van der Waals surface area contributed by atoms with Crippen LogP contribution in [0.3, 0.4) is 0 Å². The second-order valence-corrected chi connectivity index (χ2v) is 6.27. The molecule has 2 aromatic rings. The minimum atomic E-state index is -0.220. The van der Waals surface area contributed by atoms with E-state index in [2.05, 4.69) is 19.1 Å². The van der Waals surface area contributed by atoms with Gasteiger partial charge in [-0.3, -0.25) is 10.1 Å². The number of hydrogen-bond donors (Lipinski definition) is 0. The van der Waals surface area contributed by atoms with Gasteiger partial charge >= 0.3 is 0 Å². The molecule has 4 heteroatoms. The van der Waals surface area contributed by atoms with Gasteiger partial charge in [0.05, 0.1) is 5.25 Å². The lowest BCUT2D eigenvalue weighted by Crippen LogP contribution is -2.11. The van der Waals surface area contributed by atoms with Gasteiger partial charge < -0.3 is 0 Å². The van der Waals surface area contributed by atoms with Crippen LogP contribution in [0.15, 0.2) is 60.7 Å². The molecule has 0 spiro atoms. The van der Waals surface area contributed by atoms with E-state index in [1.165, 1.54) is 5.56 Å². The third kappa shape index (κ3) is 4.60. The predicted octanol–water partition coefficient (Wildman–Crippen LogP) is 4.89. The van der Waals surface area contributed by atoms with Crippen LogP contribution in [-0.2, 0) is 0 Å². The van der Waals surface area contributed by atoms with E-state index in [-0.39, 0.29) is 22.0 Å². The largest absolute Gasteiger partial charge is 0.264 e. The third-order valence-corrected chi connectivity index (χ3v) is 5.04. The average molecular weight is 301 g/mol. The van der Waals surface area contributed by atoms with Crippen LogP contribution < -0.4 is 0 Å². The van der Waals surface area contributed by atoms with E-state index in [1.807, 2.05) is 48.5 Å². The zero-order chi connectivity index (χ0) is 15.1. The van der Waals surface area contributed by atoms with Crippen LogP contribution in [0.4, 0.5) is 0 Å². The Morgan fingerprint density at radius 1 is 0.952 bits per heavy atom. The van der Waals surface area contributed by atoms with Crippen molar-refractivity contribution >= 4 is 11.8 Å². The van der Waals surface area contributed by atoms with Crippen molar-refractivity contribution in [3.05, 3.63) is 81.9 Å². The summed E-state index contributed by atoms with van der Waals surface area (Å²) in [4.78, 5) is 10.8. The van der Waals surface area contributed by atoms with Crippen LogP contribution in [0, 0.1) is 10.1 Å². The molecule has 0 aliphatic rings. The molecule has 0 aromatic heterocycles. The molecule has 0 saturated carbocycles. The van der Waals surface area contributed by atoms with Crippen molar-refractivity contribution in [2.45, 2.75) is 23.8 Å². The summed E-state index contributed by atoms with van der Waals surface area (Å²) in [6.45, 7) is 2.08. The van der Waals surface area contributed by atoms with Crippen LogP contribution in [0.1, 0.15) is 35.0 Å². The second-order valence-electron chi connectivity index (χ2n) is 4.86. The first-order valence-corrected chi connectivity index (χ1v) is 8.02. The number of hydrogen-bond acceptors (Lipinski definition) is 3. The van der Waals surface area contributed by atoms with Gasteiger partial charge in [0, 0.05) is 10.2 Å². The Bertz CT molecular complexity index is 560. The molecule has 0 aliphatic heterocycles. The molecule has 0 radical (unpaired) electrons. The van der Waals surface area contributed by atoms with E-state index in [9.17, 15) is 10.1 Å². The lowest BCUT2D eigenvalue weighted by molar-refractivity contribution is -0.479. The summed E-state index contributed by atoms with van der Waals surface area (Å²) >= 11 is 1.68. The number of nitrogens with zero attached hydrogens (tertiary/aromatic N) is 1. The molecule has 0 aliphatic carbocycles. The minimum Gasteiger partial charge on any atom is -0.264 e. The summed E-state index contributed by atoms with van der Waals surface area (Å²) in [6.07, 6.45) is 0.954. The lowest BCUT2D eigenvalue weighted by atomic mass is 10.1. The van der Waals surface area contributed by atoms with Gasteiger partial charge in [-0.05, 0) is 17.5 Å². The Labute approximate surface area is 129 Å². The highest BCUT2D eigenvalue weighted by molar-refractivity contribution is 7.99. The van der Waals surface area contributed by atoms with E-state index < -0.39 is 0 Å². The fourth-order valence-corrected chi connectivity index (χ4v) is 3.73. The smallest absolute Gasteiger partial charge is 0.219 e. The summed E-state index contributed by atoms with van der Waals surface area (Å²) < 4.78 is 0. The zero-order valence-electron chi connectivity index (χ0n) is 12.0. The molecule has 3 nitrogen and oxygen atoms in total. The number of benzene rings is 2. The highest BCUT2D eigenvalue weighted by atomic mass is 32.2. The van der Waals surface area contributed by atoms with Crippen molar-refractivity contribution in [3.8, 4) is 0 Å². The van der Waals surface area contributed by atoms with Gasteiger partial charge in [-0.25, -0.2) is 0 Å². The number of thioether (sulfide) groups is 1. The van der Waals surface area contributed by atoms with E-state index in [0.717, 1.165) is 12.0 Å². The van der Waals surface area contributed by atoms with Gasteiger partial charge in [0.2, 0.25) is 6.54 Å². The molecular weight excluding hydrogens is 282 g/mol. The van der Waals surface area contributed by atoms with Crippen molar-refractivity contribution < 1.29 is 4.92 Å². The Kier molecular flexibility index (Phi) is 5.81. The monoisotopic (exact) mass is 301 g/mol. The fourth-order valence-electron chi connectivity index (χ4n) is 2.31. The van der Waals surface area contributed by atoms with Gasteiger partial charge in [0.15, 0.2) is 0 Å². The molecule has 21 heavy (non-hydrogen) atoms. The van der Waals surface area contributed by atoms with E-state index in [1.54, 1.807) is 11.8 Å². The molecule has 0 amide bonds. The summed E-state index contributed by atoms with van der Waals surface area (Å²) in [5.41, 5.74) is 2.25. The molecule has 0 fully saturated rings. The van der Waals surface area contributed by atoms with Gasteiger partial charge in [-0.2, -0.15) is 0 Å². The van der Waals surface area contributed by atoms with Gasteiger partial charge in [0.1, 0.15) is 0 Å². The van der Waals surface area contributed by atoms with Crippen LogP contribution in [0.25, 0.3) is 0 Å². The molecule has 2 rings (SSSR count). The molecular formula is C17H19NO2S. The SMILES string of the molecule is CC[C@H](S[C@H](C[N+](=O)[O-])c1ccccc1)c1ccccc1. The summed E-state index contributed by atoms with van der Waals surface area (Å²) in [6, 6.07) is 20.0. The molecule has 0 bridgehead atoms. The average Bonchev–Trinajstić information content (AvgIpc) is 2.52. The summed E-state index contributed by atoms with van der Waals surface area (Å²) in [7, 11) is 0. The van der Waals surface area contributed by atoms with E-state index in [0.29, 0.717) is 0 Å². The summed E-state index contributed by atoms with van der Waals surface area (Å²) in [5.74, 6) is 0. The highest BCUT2D eigenvalue weighted by Crippen LogP contribution is 2.42. The molecule has 110 valence electrons. The summed E-state index contributed by atoms with van der Waals surface area (Å²) in [5, 5.41) is 11.1. The topological polar surface area (TPSA) is 43.1 Å². The fraction of sp³-hybridized carbons (Fsp3) is 0.294. The first-order valence-electron chi connectivity index (χ1n) is 7.08. The minimum absolute atomic E-state index is 0.0436. The standard InChI is InChI=1S/C17H19NO2S/c1-2-16(14-9-5-3-6-10-14)21-17(13-18(19)20)15-11-7-4-8-12-15/h3-12,16-17H,2,13H2,1H3/t16-,17+/m0/s1.